The van der Waals surface area contributed by atoms with Crippen LogP contribution in [0.5, 0.6) is 0 Å². The van der Waals surface area contributed by atoms with Gasteiger partial charge in [-0.25, -0.2) is 4.39 Å². The third kappa shape index (κ3) is 4.74. The van der Waals surface area contributed by atoms with Crippen molar-refractivity contribution in [3.8, 4) is 0 Å². The number of nitrogens with one attached hydrogen (secondary N) is 2. The molecule has 198 valence electrons. The molecule has 5 rings (SSSR count). The van der Waals surface area contributed by atoms with Crippen LogP contribution in [-0.4, -0.2) is 28.7 Å². The lowest BCUT2D eigenvalue weighted by atomic mass is 9.89. The van der Waals surface area contributed by atoms with Crippen molar-refractivity contribution in [2.45, 2.75) is 57.5 Å². The first kappa shape index (κ1) is 26.1. The van der Waals surface area contributed by atoms with Crippen molar-refractivity contribution in [1.29, 1.82) is 0 Å². The molecule has 37 heavy (non-hydrogen) atoms. The van der Waals surface area contributed by atoms with E-state index >= 15 is 0 Å². The molecule has 14 heteroatoms. The van der Waals surface area contributed by atoms with Gasteiger partial charge < -0.3 is 9.74 Å². The molecular weight excluding hydrogens is 559 g/mol. The Morgan fingerprint density at radius 2 is 1.89 bits per heavy atom. The number of oxime groups is 1. The fourth-order valence-corrected chi connectivity index (χ4v) is 6.14. The molecule has 1 aliphatic carbocycles. The van der Waals surface area contributed by atoms with Gasteiger partial charge >= 0.3 is 6.18 Å². The van der Waals surface area contributed by atoms with Crippen LogP contribution >= 0.6 is 34.5 Å². The van der Waals surface area contributed by atoms with Crippen LogP contribution in [0.1, 0.15) is 56.9 Å². The zero-order valence-electron chi connectivity index (χ0n) is 19.3. The van der Waals surface area contributed by atoms with Gasteiger partial charge in [0.1, 0.15) is 5.84 Å². The number of rotatable bonds is 4. The van der Waals surface area contributed by atoms with E-state index in [1.165, 1.54) is 11.3 Å². The lowest BCUT2D eigenvalue weighted by Crippen LogP contribution is -2.44. The molecule has 1 fully saturated rings. The topological polar surface area (TPSA) is 83.0 Å². The molecule has 3 heterocycles. The van der Waals surface area contributed by atoms with Crippen LogP contribution in [0.4, 0.5) is 17.6 Å². The zero-order chi connectivity index (χ0) is 26.7. The highest BCUT2D eigenvalue weighted by atomic mass is 35.5. The van der Waals surface area contributed by atoms with Gasteiger partial charge in [-0.3, -0.25) is 20.4 Å². The number of carbonyl (C=O) groups excluding carboxylic acids is 2. The maximum Gasteiger partial charge on any atom is 0.435 e. The van der Waals surface area contributed by atoms with Gasteiger partial charge in [0.2, 0.25) is 5.91 Å². The van der Waals surface area contributed by atoms with Crippen LogP contribution < -0.4 is 10.9 Å². The summed E-state index contributed by atoms with van der Waals surface area (Å²) in [4.78, 5) is 32.3. The molecule has 0 bridgehead atoms. The van der Waals surface area contributed by atoms with Crippen molar-refractivity contribution in [2.75, 3.05) is 0 Å². The van der Waals surface area contributed by atoms with Gasteiger partial charge in [0, 0.05) is 23.4 Å². The van der Waals surface area contributed by atoms with E-state index in [4.69, 9.17) is 28.0 Å². The number of amidine groups is 1. The molecule has 2 aliphatic heterocycles. The Labute approximate surface area is 222 Å². The predicted molar refractivity (Wildman–Crippen MR) is 129 cm³/mol. The summed E-state index contributed by atoms with van der Waals surface area (Å²) in [5, 5.41) is 2.63. The molecular formula is C23H20Cl2F4N4O3S. The quantitative estimate of drug-likeness (QED) is 0.282. The van der Waals surface area contributed by atoms with Gasteiger partial charge in [-0.2, -0.15) is 13.2 Å². The molecule has 1 unspecified atom stereocenters. The van der Waals surface area contributed by atoms with Crippen LogP contribution in [0, 0.1) is 18.7 Å². The first-order chi connectivity index (χ1) is 17.4. The van der Waals surface area contributed by atoms with Crippen molar-refractivity contribution in [3.63, 3.8) is 0 Å². The molecule has 1 atom stereocenters. The van der Waals surface area contributed by atoms with Gasteiger partial charge in [0.15, 0.2) is 5.82 Å². The number of carbonyl (C=O) groups is 2. The summed E-state index contributed by atoms with van der Waals surface area (Å²) < 4.78 is 56.7. The number of hydrogen-bond donors (Lipinski definition) is 2. The molecule has 1 aromatic heterocycles. The number of fused-ring (bicyclic) bond motifs is 1. The molecule has 1 aromatic carbocycles. The normalized spacial score (nSPS) is 20.9. The summed E-state index contributed by atoms with van der Waals surface area (Å²) in [6, 6.07) is 1.68. The van der Waals surface area contributed by atoms with E-state index in [1.807, 2.05) is 0 Å². The molecule has 0 radical (unpaired) electrons. The van der Waals surface area contributed by atoms with E-state index in [-0.39, 0.29) is 24.8 Å². The van der Waals surface area contributed by atoms with E-state index in [1.54, 1.807) is 11.8 Å². The molecule has 2 N–H and O–H groups in total. The van der Waals surface area contributed by atoms with Gasteiger partial charge in [0.05, 0.1) is 27.9 Å². The highest BCUT2D eigenvalue weighted by molar-refractivity contribution is 7.14. The van der Waals surface area contributed by atoms with Crippen LogP contribution in [0.3, 0.4) is 0 Å². The highest BCUT2D eigenvalue weighted by Gasteiger charge is 2.63. The zero-order valence-corrected chi connectivity index (χ0v) is 21.6. The molecule has 1 saturated carbocycles. The summed E-state index contributed by atoms with van der Waals surface area (Å²) in [5.41, 5.74) is 3.00. The van der Waals surface area contributed by atoms with Gasteiger partial charge in [-0.15, -0.1) is 11.3 Å². The molecule has 0 saturated heterocycles. The fraction of sp³-hybridized carbons (Fsp3) is 0.435. The summed E-state index contributed by atoms with van der Waals surface area (Å²) >= 11 is 12.7. The number of thiophene rings is 1. The van der Waals surface area contributed by atoms with Gasteiger partial charge in [0.25, 0.3) is 11.5 Å². The summed E-state index contributed by atoms with van der Waals surface area (Å²) in [6.07, 6.45) is -3.17. The Kier molecular flexibility index (Phi) is 6.56. The SMILES string of the molecule is Cc1c(C(=O)NNC(=O)CC2CC2)sc2c1CN(C1=NOC(c3cc(Cl)c(F)c(Cl)c3)(C(F)(F)F)C1)C2. The lowest BCUT2D eigenvalue weighted by molar-refractivity contribution is -0.275. The summed E-state index contributed by atoms with van der Waals surface area (Å²) in [5.74, 6) is -1.29. The number of alkyl halides is 3. The predicted octanol–water partition coefficient (Wildman–Crippen LogP) is 5.57. The highest BCUT2D eigenvalue weighted by Crippen LogP contribution is 2.50. The van der Waals surface area contributed by atoms with E-state index < -0.39 is 45.5 Å². The largest absolute Gasteiger partial charge is 0.435 e. The van der Waals surface area contributed by atoms with E-state index in [0.29, 0.717) is 22.8 Å². The number of halogens is 6. The van der Waals surface area contributed by atoms with Crippen LogP contribution in [0.15, 0.2) is 17.3 Å². The van der Waals surface area contributed by atoms with Crippen LogP contribution in [0.25, 0.3) is 0 Å². The number of benzene rings is 1. The first-order valence-corrected chi connectivity index (χ1v) is 12.9. The first-order valence-electron chi connectivity index (χ1n) is 11.3. The standard InChI is InChI=1S/C23H20Cl2F4N4O3S/c1-10-13-8-33(9-16(13)37-20(10)21(35)31-30-18(34)4-11-2-3-11)17-7-22(36-32-17,23(27,28)29)12-5-14(24)19(26)15(25)6-12/h5-6,11H,2-4,7-9H2,1H3,(H,30,34)(H,31,35). The maximum atomic E-state index is 14.3. The molecule has 0 spiro atoms. The molecule has 2 aromatic rings. The number of hydrogen-bond acceptors (Lipinski definition) is 6. The molecule has 2 amide bonds. The minimum absolute atomic E-state index is 0.0510. The minimum atomic E-state index is -4.90. The maximum absolute atomic E-state index is 14.3. The summed E-state index contributed by atoms with van der Waals surface area (Å²) in [6.45, 7) is 2.19. The molecule has 7 nitrogen and oxygen atoms in total. The second-order valence-electron chi connectivity index (χ2n) is 9.32. The van der Waals surface area contributed by atoms with Crippen molar-refractivity contribution < 1.29 is 32.0 Å². The lowest BCUT2D eigenvalue weighted by Gasteiger charge is -2.30. The number of amides is 2. The van der Waals surface area contributed by atoms with Crippen molar-refractivity contribution in [3.05, 3.63) is 54.4 Å². The Morgan fingerprint density at radius 1 is 1.22 bits per heavy atom. The molecule has 3 aliphatic rings. The minimum Gasteiger partial charge on any atom is -0.372 e. The Morgan fingerprint density at radius 3 is 2.49 bits per heavy atom. The van der Waals surface area contributed by atoms with Crippen molar-refractivity contribution in [1.82, 2.24) is 15.8 Å². The smallest absolute Gasteiger partial charge is 0.372 e. The van der Waals surface area contributed by atoms with E-state index in [2.05, 4.69) is 16.0 Å². The number of nitrogens with zero attached hydrogens (tertiary/aromatic N) is 2. The van der Waals surface area contributed by atoms with Crippen molar-refractivity contribution in [2.24, 2.45) is 11.1 Å². The third-order valence-electron chi connectivity index (χ3n) is 6.72. The average molecular weight is 579 g/mol. The van der Waals surface area contributed by atoms with E-state index in [9.17, 15) is 27.2 Å². The Balaban J connectivity index is 1.29. The van der Waals surface area contributed by atoms with Crippen LogP contribution in [0.2, 0.25) is 10.0 Å². The summed E-state index contributed by atoms with van der Waals surface area (Å²) in [7, 11) is 0. The van der Waals surface area contributed by atoms with Gasteiger partial charge in [-0.05, 0) is 48.9 Å². The van der Waals surface area contributed by atoms with Crippen LogP contribution in [-0.2, 0) is 28.3 Å². The monoisotopic (exact) mass is 578 g/mol. The van der Waals surface area contributed by atoms with E-state index in [0.717, 1.165) is 35.4 Å². The average Bonchev–Trinajstić information content (AvgIpc) is 3.24. The van der Waals surface area contributed by atoms with Gasteiger partial charge in [-0.1, -0.05) is 28.4 Å². The third-order valence-corrected chi connectivity index (χ3v) is 8.59. The fourth-order valence-electron chi connectivity index (χ4n) is 4.43. The Hall–Kier alpha value is -2.57. The number of hydrazine groups is 1. The second-order valence-corrected chi connectivity index (χ2v) is 11.2. The Bertz CT molecular complexity index is 1300. The second kappa shape index (κ2) is 9.32. The van der Waals surface area contributed by atoms with Crippen molar-refractivity contribution >= 4 is 52.2 Å².